The Labute approximate surface area is 177 Å². The topological polar surface area (TPSA) is 52.1 Å². The van der Waals surface area contributed by atoms with Gasteiger partial charge in [-0.15, -0.1) is 24.0 Å². The number of ether oxygens (including phenoxy) is 1. The zero-order valence-electron chi connectivity index (χ0n) is 16.8. The van der Waals surface area contributed by atoms with Crippen LogP contribution in [0.4, 0.5) is 0 Å². The van der Waals surface area contributed by atoms with E-state index >= 15 is 0 Å². The molecule has 2 saturated heterocycles. The van der Waals surface area contributed by atoms with Gasteiger partial charge < -0.3 is 20.3 Å². The van der Waals surface area contributed by atoms with Gasteiger partial charge in [0.05, 0.1) is 13.2 Å². The van der Waals surface area contributed by atoms with Gasteiger partial charge in [0.25, 0.3) is 0 Å². The highest BCUT2D eigenvalue weighted by Crippen LogP contribution is 2.17. The number of likely N-dealkylation sites (tertiary alicyclic amines) is 1. The van der Waals surface area contributed by atoms with Crippen LogP contribution in [0.25, 0.3) is 0 Å². The normalized spacial score (nSPS) is 20.6. The summed E-state index contributed by atoms with van der Waals surface area (Å²) in [5.41, 5.74) is 0. The zero-order chi connectivity index (χ0) is 17.7. The summed E-state index contributed by atoms with van der Waals surface area (Å²) in [4.78, 5) is 9.91. The summed E-state index contributed by atoms with van der Waals surface area (Å²) >= 11 is 0. The first kappa shape index (κ1) is 23.9. The van der Waals surface area contributed by atoms with Crippen molar-refractivity contribution in [2.45, 2.75) is 39.5 Å². The lowest BCUT2D eigenvalue weighted by atomic mass is 9.97. The van der Waals surface area contributed by atoms with Crippen LogP contribution < -0.4 is 10.6 Å². The lowest BCUT2D eigenvalue weighted by Gasteiger charge is -2.31. The van der Waals surface area contributed by atoms with E-state index in [0.29, 0.717) is 0 Å². The molecule has 0 aromatic carbocycles. The molecule has 2 heterocycles. The van der Waals surface area contributed by atoms with Gasteiger partial charge in [-0.1, -0.05) is 6.92 Å². The second kappa shape index (κ2) is 14.9. The third-order valence-corrected chi connectivity index (χ3v) is 5.15. The van der Waals surface area contributed by atoms with Gasteiger partial charge in [-0.2, -0.15) is 0 Å². The highest BCUT2D eigenvalue weighted by molar-refractivity contribution is 14.0. The van der Waals surface area contributed by atoms with Crippen molar-refractivity contribution in [3.8, 4) is 0 Å². The summed E-state index contributed by atoms with van der Waals surface area (Å²) in [6.45, 7) is 16.1. The first-order valence-corrected chi connectivity index (χ1v) is 10.4. The maximum absolute atomic E-state index is 5.40. The number of guanidine groups is 1. The molecule has 0 aliphatic carbocycles. The van der Waals surface area contributed by atoms with Crippen LogP contribution >= 0.6 is 24.0 Å². The minimum Gasteiger partial charge on any atom is -0.379 e. The Morgan fingerprint density at radius 2 is 1.69 bits per heavy atom. The second-order valence-electron chi connectivity index (χ2n) is 7.24. The van der Waals surface area contributed by atoms with Crippen molar-refractivity contribution in [2.75, 3.05) is 72.1 Å². The van der Waals surface area contributed by atoms with Crippen molar-refractivity contribution in [3.63, 3.8) is 0 Å². The summed E-state index contributed by atoms with van der Waals surface area (Å²) < 4.78 is 5.40. The van der Waals surface area contributed by atoms with E-state index in [2.05, 4.69) is 34.3 Å². The predicted molar refractivity (Wildman–Crippen MR) is 121 cm³/mol. The molecular weight excluding hydrogens is 441 g/mol. The summed E-state index contributed by atoms with van der Waals surface area (Å²) in [7, 11) is 0. The average Bonchev–Trinajstić information content (AvgIpc) is 2.65. The maximum atomic E-state index is 5.40. The SMILES string of the molecule is CCCN1CCC(CN=C(NCC)NCCCN2CCOCC2)CC1.I. The quantitative estimate of drug-likeness (QED) is 0.229. The summed E-state index contributed by atoms with van der Waals surface area (Å²) in [5, 5.41) is 6.88. The van der Waals surface area contributed by atoms with Crippen LogP contribution in [0.5, 0.6) is 0 Å². The fourth-order valence-corrected chi connectivity index (χ4v) is 3.61. The largest absolute Gasteiger partial charge is 0.379 e. The number of piperidine rings is 1. The number of aliphatic imine (C=N–C) groups is 1. The van der Waals surface area contributed by atoms with E-state index in [1.165, 1.54) is 38.9 Å². The number of morpholine rings is 1. The molecule has 2 aliphatic heterocycles. The highest BCUT2D eigenvalue weighted by Gasteiger charge is 2.18. The van der Waals surface area contributed by atoms with E-state index in [1.807, 2.05) is 0 Å². The lowest BCUT2D eigenvalue weighted by Crippen LogP contribution is -2.41. The molecule has 2 fully saturated rings. The third kappa shape index (κ3) is 9.71. The maximum Gasteiger partial charge on any atom is 0.191 e. The zero-order valence-corrected chi connectivity index (χ0v) is 19.2. The van der Waals surface area contributed by atoms with Crippen LogP contribution in [0.2, 0.25) is 0 Å². The Morgan fingerprint density at radius 3 is 2.35 bits per heavy atom. The summed E-state index contributed by atoms with van der Waals surface area (Å²) in [5.74, 6) is 1.73. The third-order valence-electron chi connectivity index (χ3n) is 5.15. The van der Waals surface area contributed by atoms with Crippen LogP contribution in [0.15, 0.2) is 4.99 Å². The van der Waals surface area contributed by atoms with E-state index in [4.69, 9.17) is 9.73 Å². The van der Waals surface area contributed by atoms with Gasteiger partial charge in [0, 0.05) is 32.7 Å². The van der Waals surface area contributed by atoms with Crippen LogP contribution in [0.1, 0.15) is 39.5 Å². The monoisotopic (exact) mass is 481 g/mol. The van der Waals surface area contributed by atoms with Gasteiger partial charge in [0.1, 0.15) is 0 Å². The fraction of sp³-hybridized carbons (Fsp3) is 0.947. The van der Waals surface area contributed by atoms with Crippen molar-refractivity contribution >= 4 is 29.9 Å². The molecule has 26 heavy (non-hydrogen) atoms. The minimum absolute atomic E-state index is 0. The molecule has 0 saturated carbocycles. The molecule has 7 heteroatoms. The van der Waals surface area contributed by atoms with E-state index in [-0.39, 0.29) is 24.0 Å². The molecule has 2 rings (SSSR count). The molecule has 0 bridgehead atoms. The number of rotatable bonds is 9. The van der Waals surface area contributed by atoms with Crippen LogP contribution in [0, 0.1) is 5.92 Å². The molecule has 0 spiro atoms. The van der Waals surface area contributed by atoms with Gasteiger partial charge >= 0.3 is 0 Å². The van der Waals surface area contributed by atoms with Crippen molar-refractivity contribution < 1.29 is 4.74 Å². The Bertz CT molecular complexity index is 369. The Balaban J connectivity index is 0.00000338. The highest BCUT2D eigenvalue weighted by atomic mass is 127. The number of hydrogen-bond acceptors (Lipinski definition) is 4. The molecule has 2 N–H and O–H groups in total. The lowest BCUT2D eigenvalue weighted by molar-refractivity contribution is 0.0376. The van der Waals surface area contributed by atoms with E-state index in [1.54, 1.807) is 0 Å². The summed E-state index contributed by atoms with van der Waals surface area (Å²) in [6, 6.07) is 0. The van der Waals surface area contributed by atoms with Crippen molar-refractivity contribution in [3.05, 3.63) is 0 Å². The number of nitrogens with one attached hydrogen (secondary N) is 2. The first-order chi connectivity index (χ1) is 12.3. The molecule has 0 aromatic heterocycles. The van der Waals surface area contributed by atoms with Crippen molar-refractivity contribution in [1.29, 1.82) is 0 Å². The summed E-state index contributed by atoms with van der Waals surface area (Å²) in [6.07, 6.45) is 5.00. The predicted octanol–water partition coefficient (Wildman–Crippen LogP) is 2.00. The minimum atomic E-state index is 0. The van der Waals surface area contributed by atoms with Crippen LogP contribution in [0.3, 0.4) is 0 Å². The molecule has 6 nitrogen and oxygen atoms in total. The average molecular weight is 481 g/mol. The van der Waals surface area contributed by atoms with Gasteiger partial charge in [-0.3, -0.25) is 9.89 Å². The molecule has 0 aromatic rings. The molecule has 0 atom stereocenters. The Kier molecular flexibility index (Phi) is 13.7. The van der Waals surface area contributed by atoms with Crippen LogP contribution in [-0.2, 0) is 4.74 Å². The molecule has 0 radical (unpaired) electrons. The van der Waals surface area contributed by atoms with Gasteiger partial charge in [0.15, 0.2) is 5.96 Å². The molecule has 154 valence electrons. The van der Waals surface area contributed by atoms with Crippen molar-refractivity contribution in [2.24, 2.45) is 10.9 Å². The van der Waals surface area contributed by atoms with E-state index < -0.39 is 0 Å². The van der Waals surface area contributed by atoms with Gasteiger partial charge in [-0.25, -0.2) is 0 Å². The van der Waals surface area contributed by atoms with E-state index in [9.17, 15) is 0 Å². The molecule has 0 unspecified atom stereocenters. The van der Waals surface area contributed by atoms with Crippen molar-refractivity contribution in [1.82, 2.24) is 20.4 Å². The second-order valence-corrected chi connectivity index (χ2v) is 7.24. The fourth-order valence-electron chi connectivity index (χ4n) is 3.61. The van der Waals surface area contributed by atoms with Gasteiger partial charge in [-0.05, 0) is 64.7 Å². The Morgan fingerprint density at radius 1 is 1.00 bits per heavy atom. The molecule has 2 aliphatic rings. The number of halogens is 1. The molecule has 0 amide bonds. The standard InChI is InChI=1S/C19H39N5O.HI/c1-3-9-23-11-6-18(7-12-23)17-22-19(20-4-2)21-8-5-10-24-13-15-25-16-14-24;/h18H,3-17H2,1-2H3,(H2,20,21,22);1H. The number of nitrogens with zero attached hydrogens (tertiary/aromatic N) is 3. The van der Waals surface area contributed by atoms with E-state index in [0.717, 1.165) is 70.8 Å². The van der Waals surface area contributed by atoms with Crippen LogP contribution in [-0.4, -0.2) is 87.9 Å². The molecular formula is C19H40IN5O. The number of hydrogen-bond donors (Lipinski definition) is 2. The smallest absolute Gasteiger partial charge is 0.191 e. The Hall–Kier alpha value is -0.120. The van der Waals surface area contributed by atoms with Gasteiger partial charge in [0.2, 0.25) is 0 Å². The first-order valence-electron chi connectivity index (χ1n) is 10.4.